The number of hydrogen-bond acceptors (Lipinski definition) is 1. The second-order valence-corrected chi connectivity index (χ2v) is 17.5. The molecule has 0 aliphatic rings. The molecule has 0 radical (unpaired) electrons. The van der Waals surface area contributed by atoms with Crippen LogP contribution in [0.1, 0.15) is 13.3 Å². The Morgan fingerprint density at radius 3 is 0.816 bits per heavy atom. The molecule has 0 N–H and O–H groups in total. The molecule has 3 unspecified atom stereocenters. The fraction of sp³-hybridized carbons (Fsp3) is 1.00. The van der Waals surface area contributed by atoms with E-state index in [0.717, 1.165) is 0 Å². The van der Waals surface area contributed by atoms with Gasteiger partial charge in [-0.15, -0.1) is 0 Å². The maximum absolute atomic E-state index is 14.8. The number of hydrogen-bond donors (Lipinski definition) is 0. The Bertz CT molecular complexity index is 677. The van der Waals surface area contributed by atoms with Crippen LogP contribution in [0.4, 0.5) is 92.2 Å². The van der Waals surface area contributed by atoms with Crippen LogP contribution in [0.3, 0.4) is 0 Å². The number of rotatable bonds is 15. The summed E-state index contributed by atoms with van der Waals surface area (Å²) in [4.78, 5) is 0. The van der Waals surface area contributed by atoms with Crippen LogP contribution in [-0.2, 0) is 3.07 Å². The molecule has 0 saturated carbocycles. The molecule has 0 aliphatic carbocycles. The zero-order chi connectivity index (χ0) is 31.1. The van der Waals surface area contributed by atoms with Gasteiger partial charge in [0, 0.05) is 0 Å². The van der Waals surface area contributed by atoms with Crippen molar-refractivity contribution < 1.29 is 95.3 Å². The van der Waals surface area contributed by atoms with Crippen LogP contribution in [0.15, 0.2) is 0 Å². The zero-order valence-corrected chi connectivity index (χ0v) is 20.6. The van der Waals surface area contributed by atoms with Gasteiger partial charge in [-0.1, -0.05) is 0 Å². The minimum atomic E-state index is -10.3. The third kappa shape index (κ3) is 5.70. The molecule has 3 atom stereocenters. The van der Waals surface area contributed by atoms with Gasteiger partial charge < -0.3 is 0 Å². The van der Waals surface area contributed by atoms with E-state index in [-0.39, 0.29) is 0 Å². The Morgan fingerprint density at radius 1 is 0.447 bits per heavy atom. The first-order valence-corrected chi connectivity index (χ1v) is 15.4. The van der Waals surface area contributed by atoms with E-state index >= 15 is 0 Å². The number of halogens is 21. The SMILES string of the molecule is CCC[O][Sn]([CH](F)C(F)(F)C(F)(F)C(F)F)([CH](F)C(F)(F)C(F)(F)C(F)F)[CH](F)C(F)(F)C(F)(F)C(F)F. The third-order valence-electron chi connectivity index (χ3n) is 4.85. The molecular formula is C15H13F21OSn. The molecule has 38 heavy (non-hydrogen) atoms. The van der Waals surface area contributed by atoms with E-state index < -0.39 is 99.2 Å². The molecule has 0 rings (SSSR count). The summed E-state index contributed by atoms with van der Waals surface area (Å²) in [6.07, 6.45) is -18.7. The van der Waals surface area contributed by atoms with Crippen molar-refractivity contribution in [2.45, 2.75) is 80.7 Å². The number of alkyl halides is 21. The van der Waals surface area contributed by atoms with Crippen molar-refractivity contribution in [3.63, 3.8) is 0 Å². The van der Waals surface area contributed by atoms with Crippen LogP contribution in [-0.4, -0.2) is 92.8 Å². The fourth-order valence-electron chi connectivity index (χ4n) is 2.68. The minimum absolute atomic E-state index is 0.577. The molecule has 0 aromatic rings. The Hall–Kier alpha value is -0.711. The average molecular weight is 727 g/mol. The molecule has 0 aromatic heterocycles. The molecule has 0 saturated heterocycles. The summed E-state index contributed by atoms with van der Waals surface area (Å²) in [5, 5.41) is 0. The predicted octanol–water partition coefficient (Wildman–Crippen LogP) is 7.60. The van der Waals surface area contributed by atoms with Crippen LogP contribution >= 0.6 is 0 Å². The molecule has 0 aromatic carbocycles. The van der Waals surface area contributed by atoms with Gasteiger partial charge >= 0.3 is 201 Å². The quantitative estimate of drug-likeness (QED) is 0.125. The van der Waals surface area contributed by atoms with E-state index in [1.807, 2.05) is 0 Å². The van der Waals surface area contributed by atoms with Gasteiger partial charge in [0.25, 0.3) is 0 Å². The third-order valence-corrected chi connectivity index (χ3v) is 16.8. The van der Waals surface area contributed by atoms with Crippen LogP contribution < -0.4 is 0 Å². The Labute approximate surface area is 202 Å². The summed E-state index contributed by atoms with van der Waals surface area (Å²) < 4.78 is 268. The summed E-state index contributed by atoms with van der Waals surface area (Å²) in [5.41, 5.74) is 0. The van der Waals surface area contributed by atoms with Gasteiger partial charge in [0.1, 0.15) is 0 Å². The molecule has 0 spiro atoms. The summed E-state index contributed by atoms with van der Waals surface area (Å²) in [6, 6.07) is 0. The van der Waals surface area contributed by atoms with Crippen molar-refractivity contribution >= 4 is 18.8 Å². The van der Waals surface area contributed by atoms with Gasteiger partial charge in [0.05, 0.1) is 0 Å². The second kappa shape index (κ2) is 11.6. The van der Waals surface area contributed by atoms with Crippen LogP contribution in [0, 0.1) is 0 Å². The van der Waals surface area contributed by atoms with Gasteiger partial charge in [-0.2, -0.15) is 0 Å². The van der Waals surface area contributed by atoms with Crippen molar-refractivity contribution in [3.8, 4) is 0 Å². The molecule has 0 heterocycles. The molecule has 230 valence electrons. The van der Waals surface area contributed by atoms with Gasteiger partial charge in [-0.3, -0.25) is 0 Å². The first-order valence-electron chi connectivity index (χ1n) is 9.28. The summed E-state index contributed by atoms with van der Waals surface area (Å²) in [5.74, 6) is -44.8. The topological polar surface area (TPSA) is 9.23 Å². The maximum atomic E-state index is 14.8. The van der Waals surface area contributed by atoms with Crippen molar-refractivity contribution in [1.29, 1.82) is 0 Å². The first-order chi connectivity index (χ1) is 16.6. The molecule has 23 heteroatoms. The van der Waals surface area contributed by atoms with E-state index in [9.17, 15) is 92.2 Å². The van der Waals surface area contributed by atoms with E-state index in [1.54, 1.807) is 0 Å². The van der Waals surface area contributed by atoms with Gasteiger partial charge in [0.2, 0.25) is 0 Å². The molecule has 1 nitrogen and oxygen atoms in total. The van der Waals surface area contributed by atoms with Crippen molar-refractivity contribution in [3.05, 3.63) is 0 Å². The normalized spacial score (nSPS) is 19.2. The van der Waals surface area contributed by atoms with E-state index in [2.05, 4.69) is 3.07 Å². The van der Waals surface area contributed by atoms with Gasteiger partial charge in [-0.25, -0.2) is 0 Å². The van der Waals surface area contributed by atoms with E-state index in [4.69, 9.17) is 0 Å². The monoisotopic (exact) mass is 728 g/mol. The zero-order valence-electron chi connectivity index (χ0n) is 17.7. The molecular weight excluding hydrogens is 714 g/mol. The average Bonchev–Trinajstić information content (AvgIpc) is 2.77. The van der Waals surface area contributed by atoms with E-state index in [0.29, 0.717) is 6.92 Å². The van der Waals surface area contributed by atoms with Crippen LogP contribution in [0.25, 0.3) is 0 Å². The molecule has 0 amide bonds. The first kappa shape index (κ1) is 37.3. The van der Waals surface area contributed by atoms with Crippen LogP contribution in [0.2, 0.25) is 0 Å². The fourth-order valence-corrected chi connectivity index (χ4v) is 14.2. The Kier molecular flexibility index (Phi) is 11.4. The van der Waals surface area contributed by atoms with Gasteiger partial charge in [0.15, 0.2) is 0 Å². The molecule has 0 bridgehead atoms. The molecule has 0 fully saturated rings. The Balaban J connectivity index is 7.87. The van der Waals surface area contributed by atoms with Crippen molar-refractivity contribution in [2.24, 2.45) is 0 Å². The standard InChI is InChI=1S/3C4H2F7.C3H7O.Sn/c3*5-1-3(8,9)4(10,11)2(6)7;1-2-3-4;/h3*1-2H;2-3H2,1H3;/q;;;-1;+1. The van der Waals surface area contributed by atoms with Crippen LogP contribution in [0.5, 0.6) is 0 Å². The summed E-state index contributed by atoms with van der Waals surface area (Å²) in [6.45, 7) is -1.53. The predicted molar refractivity (Wildman–Crippen MR) is 84.4 cm³/mol. The molecule has 0 aliphatic heterocycles. The van der Waals surface area contributed by atoms with Crippen molar-refractivity contribution in [1.82, 2.24) is 0 Å². The Morgan fingerprint density at radius 2 is 0.658 bits per heavy atom. The summed E-state index contributed by atoms with van der Waals surface area (Å²) in [7, 11) is 0. The summed E-state index contributed by atoms with van der Waals surface area (Å²) >= 11 is -10.3. The van der Waals surface area contributed by atoms with Gasteiger partial charge in [-0.05, 0) is 0 Å². The van der Waals surface area contributed by atoms with E-state index in [1.165, 1.54) is 0 Å². The van der Waals surface area contributed by atoms with Crippen molar-refractivity contribution in [2.75, 3.05) is 6.61 Å². The second-order valence-electron chi connectivity index (χ2n) is 7.43.